The largest absolute Gasteiger partial charge is 0.490 e. The molecule has 1 saturated heterocycles. The summed E-state index contributed by atoms with van der Waals surface area (Å²) in [6, 6.07) is 10.3. The molecule has 1 heterocycles. The molecule has 0 saturated carbocycles. The van der Waals surface area contributed by atoms with E-state index in [9.17, 15) is 9.59 Å². The van der Waals surface area contributed by atoms with Crippen molar-refractivity contribution in [3.8, 4) is 11.5 Å². The zero-order chi connectivity index (χ0) is 19.4. The fourth-order valence-electron chi connectivity index (χ4n) is 2.42. The van der Waals surface area contributed by atoms with E-state index in [4.69, 9.17) is 21.1 Å². The molecular formula is C19H16BrClN2O4. The van der Waals surface area contributed by atoms with Gasteiger partial charge in [0.25, 0.3) is 5.91 Å². The van der Waals surface area contributed by atoms with Crippen molar-refractivity contribution in [3.05, 3.63) is 62.7 Å². The molecule has 0 aromatic heterocycles. The summed E-state index contributed by atoms with van der Waals surface area (Å²) in [4.78, 5) is 23.0. The Labute approximate surface area is 169 Å². The fourth-order valence-corrected chi connectivity index (χ4v) is 2.99. The fraction of sp³-hybridized carbons (Fsp3) is 0.158. The van der Waals surface area contributed by atoms with Gasteiger partial charge in [-0.3, -0.25) is 10.1 Å². The number of carbonyl (C=O) groups is 2. The Kier molecular flexibility index (Phi) is 6.03. The third-order valence-electron chi connectivity index (χ3n) is 3.69. The van der Waals surface area contributed by atoms with Crippen LogP contribution in [0.25, 0.3) is 6.08 Å². The quantitative estimate of drug-likeness (QED) is 0.508. The van der Waals surface area contributed by atoms with Gasteiger partial charge in [0.15, 0.2) is 11.5 Å². The maximum atomic E-state index is 11.7. The number of carbonyl (C=O) groups excluding carboxylic acids is 2. The lowest BCUT2D eigenvalue weighted by molar-refractivity contribution is -0.115. The summed E-state index contributed by atoms with van der Waals surface area (Å²) < 4.78 is 12.3. The van der Waals surface area contributed by atoms with Crippen LogP contribution in [0.2, 0.25) is 5.02 Å². The molecule has 0 spiro atoms. The number of urea groups is 1. The average Bonchev–Trinajstić information content (AvgIpc) is 2.95. The molecule has 1 fully saturated rings. The predicted octanol–water partition coefficient (Wildman–Crippen LogP) is 4.26. The first-order chi connectivity index (χ1) is 13.0. The molecule has 0 unspecified atom stereocenters. The van der Waals surface area contributed by atoms with Gasteiger partial charge in [-0.2, -0.15) is 0 Å². The van der Waals surface area contributed by atoms with Crippen LogP contribution < -0.4 is 20.1 Å². The van der Waals surface area contributed by atoms with Gasteiger partial charge >= 0.3 is 6.03 Å². The maximum absolute atomic E-state index is 11.7. The van der Waals surface area contributed by atoms with Gasteiger partial charge in [-0.25, -0.2) is 4.79 Å². The van der Waals surface area contributed by atoms with Crippen LogP contribution in [0.4, 0.5) is 4.79 Å². The predicted molar refractivity (Wildman–Crippen MR) is 106 cm³/mol. The summed E-state index contributed by atoms with van der Waals surface area (Å²) in [6.45, 7) is 2.67. The summed E-state index contributed by atoms with van der Waals surface area (Å²) in [7, 11) is 0. The lowest BCUT2D eigenvalue weighted by atomic mass is 10.1. The Hall–Kier alpha value is -2.51. The van der Waals surface area contributed by atoms with Crippen LogP contribution in [0.1, 0.15) is 18.1 Å². The smallest absolute Gasteiger partial charge is 0.326 e. The van der Waals surface area contributed by atoms with E-state index < -0.39 is 11.9 Å². The first kappa shape index (κ1) is 19.3. The highest BCUT2D eigenvalue weighted by molar-refractivity contribution is 9.10. The molecule has 0 atom stereocenters. The molecule has 0 aliphatic carbocycles. The Morgan fingerprint density at radius 3 is 2.41 bits per heavy atom. The van der Waals surface area contributed by atoms with E-state index in [0.717, 1.165) is 5.56 Å². The van der Waals surface area contributed by atoms with Gasteiger partial charge < -0.3 is 14.8 Å². The second-order valence-electron chi connectivity index (χ2n) is 5.63. The Bertz CT molecular complexity index is 913. The van der Waals surface area contributed by atoms with E-state index >= 15 is 0 Å². The van der Waals surface area contributed by atoms with E-state index in [2.05, 4.69) is 26.6 Å². The summed E-state index contributed by atoms with van der Waals surface area (Å²) >= 11 is 9.36. The Balaban J connectivity index is 1.85. The molecule has 2 aromatic rings. The van der Waals surface area contributed by atoms with Crippen LogP contribution in [0.3, 0.4) is 0 Å². The van der Waals surface area contributed by atoms with E-state index in [1.54, 1.807) is 30.3 Å². The van der Waals surface area contributed by atoms with Crippen molar-refractivity contribution in [2.24, 2.45) is 0 Å². The molecule has 0 bridgehead atoms. The monoisotopic (exact) mass is 450 g/mol. The van der Waals surface area contributed by atoms with E-state index in [1.165, 1.54) is 0 Å². The average molecular weight is 452 g/mol. The first-order valence-electron chi connectivity index (χ1n) is 8.14. The number of hydrogen-bond donors (Lipinski definition) is 2. The molecule has 140 valence electrons. The lowest BCUT2D eigenvalue weighted by Crippen LogP contribution is -2.22. The molecule has 27 heavy (non-hydrogen) atoms. The number of hydrogen-bond acceptors (Lipinski definition) is 4. The van der Waals surface area contributed by atoms with Crippen LogP contribution in [-0.4, -0.2) is 18.5 Å². The number of amides is 3. The minimum Gasteiger partial charge on any atom is -0.490 e. The van der Waals surface area contributed by atoms with Gasteiger partial charge in [-0.1, -0.05) is 39.7 Å². The SMILES string of the molecule is CCOc1cc(/C=C2/NC(=O)NC2=O)c(Br)cc1OCc1ccc(Cl)cc1. The van der Waals surface area contributed by atoms with Gasteiger partial charge in [0.2, 0.25) is 0 Å². The molecule has 2 aromatic carbocycles. The maximum Gasteiger partial charge on any atom is 0.326 e. The van der Waals surface area contributed by atoms with Crippen LogP contribution in [0.5, 0.6) is 11.5 Å². The van der Waals surface area contributed by atoms with Crippen LogP contribution >= 0.6 is 27.5 Å². The molecule has 3 rings (SSSR count). The van der Waals surface area contributed by atoms with Crippen molar-refractivity contribution in [2.45, 2.75) is 13.5 Å². The van der Waals surface area contributed by atoms with E-state index in [1.807, 2.05) is 19.1 Å². The van der Waals surface area contributed by atoms with Crippen molar-refractivity contribution < 1.29 is 19.1 Å². The molecule has 1 aliphatic heterocycles. The molecule has 3 amide bonds. The highest BCUT2D eigenvalue weighted by Crippen LogP contribution is 2.35. The van der Waals surface area contributed by atoms with Gasteiger partial charge in [0.1, 0.15) is 12.3 Å². The van der Waals surface area contributed by atoms with Crippen LogP contribution in [-0.2, 0) is 11.4 Å². The minimum atomic E-state index is -0.546. The van der Waals surface area contributed by atoms with Crippen molar-refractivity contribution in [2.75, 3.05) is 6.61 Å². The molecule has 1 aliphatic rings. The summed E-state index contributed by atoms with van der Waals surface area (Å²) in [5.41, 5.74) is 1.80. The molecule has 0 radical (unpaired) electrons. The zero-order valence-electron chi connectivity index (χ0n) is 14.3. The van der Waals surface area contributed by atoms with Gasteiger partial charge in [-0.15, -0.1) is 0 Å². The van der Waals surface area contributed by atoms with Crippen molar-refractivity contribution in [1.29, 1.82) is 0 Å². The normalized spacial score (nSPS) is 14.9. The molecule has 2 N–H and O–H groups in total. The second-order valence-corrected chi connectivity index (χ2v) is 6.93. The minimum absolute atomic E-state index is 0.165. The first-order valence-corrected chi connectivity index (χ1v) is 9.31. The van der Waals surface area contributed by atoms with Gasteiger partial charge in [0.05, 0.1) is 6.61 Å². The number of imide groups is 1. The standard InChI is InChI=1S/C19H16BrClN2O4/c1-2-26-16-8-12(7-15-18(24)23-19(25)22-15)14(20)9-17(16)27-10-11-3-5-13(21)6-4-11/h3-9H,2,10H2,1H3,(H2,22,23,24,25)/b15-7+. The van der Waals surface area contributed by atoms with E-state index in [-0.39, 0.29) is 5.70 Å². The van der Waals surface area contributed by atoms with Crippen molar-refractivity contribution >= 4 is 45.5 Å². The van der Waals surface area contributed by atoms with E-state index in [0.29, 0.717) is 39.8 Å². The van der Waals surface area contributed by atoms with Crippen LogP contribution in [0.15, 0.2) is 46.6 Å². The van der Waals surface area contributed by atoms with Crippen LogP contribution in [0, 0.1) is 0 Å². The number of rotatable bonds is 6. The summed E-state index contributed by atoms with van der Waals surface area (Å²) in [6.07, 6.45) is 1.57. The lowest BCUT2D eigenvalue weighted by Gasteiger charge is -2.14. The Morgan fingerprint density at radius 2 is 1.78 bits per heavy atom. The number of benzene rings is 2. The highest BCUT2D eigenvalue weighted by Gasteiger charge is 2.23. The summed E-state index contributed by atoms with van der Waals surface area (Å²) in [5.74, 6) is 0.611. The topological polar surface area (TPSA) is 76.7 Å². The van der Waals surface area contributed by atoms with Crippen molar-refractivity contribution in [3.63, 3.8) is 0 Å². The third-order valence-corrected chi connectivity index (χ3v) is 4.63. The number of halogens is 2. The molecule has 6 nitrogen and oxygen atoms in total. The summed E-state index contributed by atoms with van der Waals surface area (Å²) in [5, 5.41) is 5.28. The number of ether oxygens (including phenoxy) is 2. The third kappa shape index (κ3) is 4.81. The zero-order valence-corrected chi connectivity index (χ0v) is 16.7. The molecular weight excluding hydrogens is 436 g/mol. The second kappa shape index (κ2) is 8.45. The van der Waals surface area contributed by atoms with Gasteiger partial charge in [-0.05, 0) is 48.4 Å². The molecule has 8 heteroatoms. The highest BCUT2D eigenvalue weighted by atomic mass is 79.9. The Morgan fingerprint density at radius 1 is 1.07 bits per heavy atom. The van der Waals surface area contributed by atoms with Gasteiger partial charge in [0, 0.05) is 9.50 Å². The number of nitrogens with one attached hydrogen (secondary N) is 2. The van der Waals surface area contributed by atoms with Crippen molar-refractivity contribution in [1.82, 2.24) is 10.6 Å².